The lowest BCUT2D eigenvalue weighted by Crippen LogP contribution is -1.99. The standard InChI is InChI=1S/C15H10Cl2N4/c16-11-7-13-14(8-12(11)17)21(5-4-18)15(20-13)9-2-1-3-10(19)6-9/h1-3,6-8H,5,19H2. The van der Waals surface area contributed by atoms with E-state index in [0.29, 0.717) is 27.1 Å². The molecule has 1 heterocycles. The van der Waals surface area contributed by atoms with Crippen molar-refractivity contribution in [2.45, 2.75) is 6.54 Å². The monoisotopic (exact) mass is 316 g/mol. The quantitative estimate of drug-likeness (QED) is 0.723. The first kappa shape index (κ1) is 13.7. The molecule has 0 aliphatic carbocycles. The predicted octanol–water partition coefficient (Wildman–Crippen LogP) is 4.12. The molecule has 0 saturated heterocycles. The maximum Gasteiger partial charge on any atom is 0.142 e. The number of benzene rings is 2. The second-order valence-corrected chi connectivity index (χ2v) is 5.37. The fraction of sp³-hybridized carbons (Fsp3) is 0.0667. The number of hydrogen-bond donors (Lipinski definition) is 1. The Morgan fingerprint density at radius 1 is 1.19 bits per heavy atom. The number of halogens is 2. The third-order valence-corrected chi connectivity index (χ3v) is 3.89. The van der Waals surface area contributed by atoms with Crippen molar-refractivity contribution in [1.29, 1.82) is 5.26 Å². The molecular formula is C15H10Cl2N4. The number of fused-ring (bicyclic) bond motifs is 1. The second kappa shape index (κ2) is 5.28. The van der Waals surface area contributed by atoms with E-state index >= 15 is 0 Å². The summed E-state index contributed by atoms with van der Waals surface area (Å²) in [5.41, 5.74) is 8.76. The third kappa shape index (κ3) is 2.42. The van der Waals surface area contributed by atoms with Gasteiger partial charge in [-0.3, -0.25) is 0 Å². The van der Waals surface area contributed by atoms with E-state index in [0.717, 1.165) is 11.1 Å². The Morgan fingerprint density at radius 3 is 2.67 bits per heavy atom. The second-order valence-electron chi connectivity index (χ2n) is 4.56. The van der Waals surface area contributed by atoms with E-state index in [9.17, 15) is 0 Å². The van der Waals surface area contributed by atoms with Crippen LogP contribution < -0.4 is 5.73 Å². The van der Waals surface area contributed by atoms with Crippen LogP contribution in [0.1, 0.15) is 0 Å². The first-order valence-electron chi connectivity index (χ1n) is 6.18. The predicted molar refractivity (Wildman–Crippen MR) is 85.2 cm³/mol. The molecule has 2 N–H and O–H groups in total. The van der Waals surface area contributed by atoms with Crippen LogP contribution in [0.3, 0.4) is 0 Å². The first-order valence-corrected chi connectivity index (χ1v) is 6.94. The van der Waals surface area contributed by atoms with E-state index in [4.69, 9.17) is 34.2 Å². The number of nitrogens with two attached hydrogens (primary N) is 1. The van der Waals surface area contributed by atoms with Crippen molar-refractivity contribution in [3.8, 4) is 17.5 Å². The molecule has 0 radical (unpaired) electrons. The molecule has 1 aromatic heterocycles. The van der Waals surface area contributed by atoms with Gasteiger partial charge in [-0.05, 0) is 24.3 Å². The van der Waals surface area contributed by atoms with Crippen molar-refractivity contribution in [2.24, 2.45) is 0 Å². The average Bonchev–Trinajstić information content (AvgIpc) is 2.78. The van der Waals surface area contributed by atoms with Gasteiger partial charge in [0.25, 0.3) is 0 Å². The Hall–Kier alpha value is -2.22. The fourth-order valence-corrected chi connectivity index (χ4v) is 2.56. The number of aromatic nitrogens is 2. The molecular weight excluding hydrogens is 307 g/mol. The van der Waals surface area contributed by atoms with E-state index in [1.54, 1.807) is 22.8 Å². The highest BCUT2D eigenvalue weighted by atomic mass is 35.5. The van der Waals surface area contributed by atoms with Crippen molar-refractivity contribution in [3.05, 3.63) is 46.4 Å². The van der Waals surface area contributed by atoms with Crippen LogP contribution in [-0.2, 0) is 6.54 Å². The zero-order valence-corrected chi connectivity index (χ0v) is 12.4. The van der Waals surface area contributed by atoms with Gasteiger partial charge in [-0.15, -0.1) is 0 Å². The van der Waals surface area contributed by atoms with Crippen LogP contribution in [0, 0.1) is 11.3 Å². The number of rotatable bonds is 2. The molecule has 0 amide bonds. The Kier molecular flexibility index (Phi) is 3.46. The lowest BCUT2D eigenvalue weighted by atomic mass is 10.2. The van der Waals surface area contributed by atoms with E-state index in [2.05, 4.69) is 11.1 Å². The van der Waals surface area contributed by atoms with Gasteiger partial charge in [0.15, 0.2) is 0 Å². The van der Waals surface area contributed by atoms with Gasteiger partial charge in [-0.25, -0.2) is 4.98 Å². The smallest absolute Gasteiger partial charge is 0.142 e. The lowest BCUT2D eigenvalue weighted by molar-refractivity contribution is 0.870. The minimum Gasteiger partial charge on any atom is -0.399 e. The van der Waals surface area contributed by atoms with Gasteiger partial charge in [-0.2, -0.15) is 5.26 Å². The summed E-state index contributed by atoms with van der Waals surface area (Å²) in [7, 11) is 0. The molecule has 2 aromatic carbocycles. The summed E-state index contributed by atoms with van der Waals surface area (Å²) in [6, 6.07) is 12.9. The van der Waals surface area contributed by atoms with Gasteiger partial charge in [0.1, 0.15) is 12.4 Å². The van der Waals surface area contributed by atoms with E-state index < -0.39 is 0 Å². The topological polar surface area (TPSA) is 67.6 Å². The van der Waals surface area contributed by atoms with Gasteiger partial charge < -0.3 is 10.3 Å². The molecule has 0 aliphatic rings. The largest absolute Gasteiger partial charge is 0.399 e. The van der Waals surface area contributed by atoms with Crippen molar-refractivity contribution >= 4 is 39.9 Å². The van der Waals surface area contributed by atoms with Gasteiger partial charge in [0, 0.05) is 11.3 Å². The van der Waals surface area contributed by atoms with Crippen molar-refractivity contribution < 1.29 is 0 Å². The molecule has 0 bridgehead atoms. The number of nitrogens with zero attached hydrogens (tertiary/aromatic N) is 3. The summed E-state index contributed by atoms with van der Waals surface area (Å²) >= 11 is 12.1. The van der Waals surface area contributed by atoms with Crippen LogP contribution in [-0.4, -0.2) is 9.55 Å². The zero-order valence-electron chi connectivity index (χ0n) is 10.8. The average molecular weight is 317 g/mol. The van der Waals surface area contributed by atoms with Crippen LogP contribution in [0.2, 0.25) is 10.0 Å². The van der Waals surface area contributed by atoms with Crippen LogP contribution in [0.4, 0.5) is 5.69 Å². The van der Waals surface area contributed by atoms with Gasteiger partial charge >= 0.3 is 0 Å². The maximum absolute atomic E-state index is 9.07. The van der Waals surface area contributed by atoms with Crippen LogP contribution >= 0.6 is 23.2 Å². The summed E-state index contributed by atoms with van der Waals surface area (Å²) in [6.07, 6.45) is 0. The van der Waals surface area contributed by atoms with Crippen molar-refractivity contribution in [1.82, 2.24) is 9.55 Å². The molecule has 4 nitrogen and oxygen atoms in total. The summed E-state index contributed by atoms with van der Waals surface area (Å²) in [4.78, 5) is 4.56. The molecule has 21 heavy (non-hydrogen) atoms. The number of anilines is 1. The SMILES string of the molecule is N#CCn1c(-c2cccc(N)c2)nc2cc(Cl)c(Cl)cc21. The number of hydrogen-bond acceptors (Lipinski definition) is 3. The molecule has 0 saturated carbocycles. The number of nitriles is 1. The molecule has 0 aliphatic heterocycles. The lowest BCUT2D eigenvalue weighted by Gasteiger charge is -2.05. The van der Waals surface area contributed by atoms with E-state index in [1.807, 2.05) is 18.2 Å². The minimum absolute atomic E-state index is 0.165. The summed E-state index contributed by atoms with van der Waals surface area (Å²) in [5.74, 6) is 0.664. The number of nitrogen functional groups attached to an aromatic ring is 1. The molecule has 0 spiro atoms. The minimum atomic E-state index is 0.165. The zero-order chi connectivity index (χ0) is 15.0. The normalized spacial score (nSPS) is 10.7. The Labute approximate surface area is 131 Å². The summed E-state index contributed by atoms with van der Waals surface area (Å²) in [5, 5.41) is 9.93. The Morgan fingerprint density at radius 2 is 1.95 bits per heavy atom. The van der Waals surface area contributed by atoms with E-state index in [-0.39, 0.29) is 6.54 Å². The van der Waals surface area contributed by atoms with E-state index in [1.165, 1.54) is 0 Å². The Balaban J connectivity index is 2.32. The van der Waals surface area contributed by atoms with Crippen molar-refractivity contribution in [2.75, 3.05) is 5.73 Å². The highest BCUT2D eigenvalue weighted by Crippen LogP contribution is 2.31. The molecule has 104 valence electrons. The van der Waals surface area contributed by atoms with Gasteiger partial charge in [0.05, 0.1) is 27.1 Å². The summed E-state index contributed by atoms with van der Waals surface area (Å²) < 4.78 is 1.80. The first-order chi connectivity index (χ1) is 10.1. The Bertz CT molecular complexity index is 877. The maximum atomic E-state index is 9.07. The van der Waals surface area contributed by atoms with Crippen LogP contribution in [0.5, 0.6) is 0 Å². The third-order valence-electron chi connectivity index (χ3n) is 3.16. The van der Waals surface area contributed by atoms with Gasteiger partial charge in [-0.1, -0.05) is 35.3 Å². The molecule has 6 heteroatoms. The van der Waals surface area contributed by atoms with Gasteiger partial charge in [0.2, 0.25) is 0 Å². The molecule has 3 rings (SSSR count). The highest BCUT2D eigenvalue weighted by molar-refractivity contribution is 6.42. The number of imidazole rings is 1. The van der Waals surface area contributed by atoms with Crippen molar-refractivity contribution in [3.63, 3.8) is 0 Å². The van der Waals surface area contributed by atoms with Crippen LogP contribution in [0.25, 0.3) is 22.4 Å². The fourth-order valence-electron chi connectivity index (χ4n) is 2.25. The molecule has 3 aromatic rings. The summed E-state index contributed by atoms with van der Waals surface area (Å²) in [6.45, 7) is 0.165. The molecule has 0 unspecified atom stereocenters. The molecule has 0 atom stereocenters. The van der Waals surface area contributed by atoms with Crippen LogP contribution in [0.15, 0.2) is 36.4 Å². The molecule has 0 fully saturated rings. The highest BCUT2D eigenvalue weighted by Gasteiger charge is 2.14.